The first-order valence-corrected chi connectivity index (χ1v) is 9.31. The molecule has 0 atom stereocenters. The van der Waals surface area contributed by atoms with E-state index >= 15 is 0 Å². The third-order valence-corrected chi connectivity index (χ3v) is 4.31. The average Bonchev–Trinajstić information content (AvgIpc) is 3.24. The molecule has 0 spiro atoms. The molecule has 0 fully saturated rings. The molecule has 2 aromatic heterocycles. The van der Waals surface area contributed by atoms with Gasteiger partial charge in [0.2, 0.25) is 0 Å². The molecule has 2 aromatic carbocycles. The van der Waals surface area contributed by atoms with E-state index in [1.165, 1.54) is 0 Å². The van der Waals surface area contributed by atoms with Crippen LogP contribution in [0.1, 0.15) is 16.1 Å². The monoisotopic (exact) mass is 384 g/mol. The van der Waals surface area contributed by atoms with Crippen molar-refractivity contribution >= 4 is 17.4 Å². The van der Waals surface area contributed by atoms with Crippen molar-refractivity contribution in [2.75, 3.05) is 17.2 Å². The number of nitrogens with one attached hydrogen (secondary N) is 2. The number of hydrogen-bond acceptors (Lipinski definition) is 5. The Labute approximate surface area is 168 Å². The van der Waals surface area contributed by atoms with E-state index in [1.54, 1.807) is 12.1 Å². The molecule has 2 N–H and O–H groups in total. The van der Waals surface area contributed by atoms with Crippen LogP contribution >= 0.6 is 0 Å². The van der Waals surface area contributed by atoms with Crippen LogP contribution in [0, 0.1) is 0 Å². The molecule has 0 bridgehead atoms. The molecule has 0 aliphatic heterocycles. The number of hydrogen-bond donors (Lipinski definition) is 2. The summed E-state index contributed by atoms with van der Waals surface area (Å²) in [6.07, 6.45) is 4.67. The number of benzene rings is 2. The molecule has 1 amide bonds. The van der Waals surface area contributed by atoms with Gasteiger partial charge in [-0.05, 0) is 48.4 Å². The van der Waals surface area contributed by atoms with E-state index in [-0.39, 0.29) is 11.6 Å². The SMILES string of the molecule is O=C(Nc1ccccc1)c1ccc(NCCc2cnn(-c3ccccc3)c2)nn1. The minimum Gasteiger partial charge on any atom is -0.368 e. The largest absolute Gasteiger partial charge is 0.368 e. The van der Waals surface area contributed by atoms with Gasteiger partial charge in [0.25, 0.3) is 5.91 Å². The molecular weight excluding hydrogens is 364 g/mol. The predicted molar refractivity (Wildman–Crippen MR) is 112 cm³/mol. The van der Waals surface area contributed by atoms with Crippen molar-refractivity contribution in [3.8, 4) is 5.69 Å². The highest BCUT2D eigenvalue weighted by Crippen LogP contribution is 2.10. The highest BCUT2D eigenvalue weighted by Gasteiger charge is 2.08. The molecule has 0 unspecified atom stereocenters. The second kappa shape index (κ2) is 8.79. The molecule has 144 valence electrons. The van der Waals surface area contributed by atoms with E-state index in [2.05, 4.69) is 25.9 Å². The summed E-state index contributed by atoms with van der Waals surface area (Å²) >= 11 is 0. The Hall–Kier alpha value is -4.00. The van der Waals surface area contributed by atoms with Crippen LogP contribution in [0.15, 0.2) is 85.2 Å². The van der Waals surface area contributed by atoms with E-state index in [1.807, 2.05) is 77.7 Å². The Morgan fingerprint density at radius 1 is 0.897 bits per heavy atom. The van der Waals surface area contributed by atoms with Crippen molar-refractivity contribution in [2.45, 2.75) is 6.42 Å². The summed E-state index contributed by atoms with van der Waals surface area (Å²) in [5, 5.41) is 18.5. The van der Waals surface area contributed by atoms with Crippen molar-refractivity contribution in [2.24, 2.45) is 0 Å². The van der Waals surface area contributed by atoms with Crippen molar-refractivity contribution in [3.05, 3.63) is 96.4 Å². The van der Waals surface area contributed by atoms with Crippen LogP contribution in [0.2, 0.25) is 0 Å². The van der Waals surface area contributed by atoms with E-state index in [4.69, 9.17) is 0 Å². The molecule has 0 aliphatic rings. The summed E-state index contributed by atoms with van der Waals surface area (Å²) in [6.45, 7) is 0.685. The van der Waals surface area contributed by atoms with Gasteiger partial charge in [0.05, 0.1) is 11.9 Å². The second-order valence-corrected chi connectivity index (χ2v) is 6.43. The van der Waals surface area contributed by atoms with Gasteiger partial charge in [0, 0.05) is 18.4 Å². The lowest BCUT2D eigenvalue weighted by atomic mass is 10.2. The highest BCUT2D eigenvalue weighted by atomic mass is 16.1. The molecule has 0 saturated carbocycles. The Balaban J connectivity index is 1.28. The molecule has 29 heavy (non-hydrogen) atoms. The third-order valence-electron chi connectivity index (χ3n) is 4.31. The third kappa shape index (κ3) is 4.84. The van der Waals surface area contributed by atoms with Crippen LogP contribution in [0.3, 0.4) is 0 Å². The van der Waals surface area contributed by atoms with Crippen LogP contribution in [0.25, 0.3) is 5.69 Å². The van der Waals surface area contributed by atoms with Crippen molar-refractivity contribution in [3.63, 3.8) is 0 Å². The number of nitrogens with zero attached hydrogens (tertiary/aromatic N) is 4. The maximum Gasteiger partial charge on any atom is 0.276 e. The van der Waals surface area contributed by atoms with Crippen molar-refractivity contribution in [1.29, 1.82) is 0 Å². The van der Waals surface area contributed by atoms with Gasteiger partial charge < -0.3 is 10.6 Å². The quantitative estimate of drug-likeness (QED) is 0.509. The minimum atomic E-state index is -0.288. The van der Waals surface area contributed by atoms with Gasteiger partial charge in [0.15, 0.2) is 5.69 Å². The van der Waals surface area contributed by atoms with E-state index in [0.29, 0.717) is 12.4 Å². The van der Waals surface area contributed by atoms with Gasteiger partial charge in [-0.15, -0.1) is 10.2 Å². The van der Waals surface area contributed by atoms with Crippen LogP contribution in [0.5, 0.6) is 0 Å². The first-order valence-electron chi connectivity index (χ1n) is 9.31. The zero-order chi connectivity index (χ0) is 19.9. The Bertz CT molecular complexity index is 1060. The maximum atomic E-state index is 12.2. The van der Waals surface area contributed by atoms with Gasteiger partial charge in [-0.2, -0.15) is 5.10 Å². The predicted octanol–water partition coefficient (Wildman–Crippen LogP) is 3.57. The number of carbonyl (C=O) groups is 1. The van der Waals surface area contributed by atoms with Gasteiger partial charge in [0.1, 0.15) is 5.82 Å². The molecular formula is C22H20N6O. The highest BCUT2D eigenvalue weighted by molar-refractivity contribution is 6.02. The summed E-state index contributed by atoms with van der Waals surface area (Å²) in [6, 6.07) is 22.6. The number of aromatic nitrogens is 4. The second-order valence-electron chi connectivity index (χ2n) is 6.43. The zero-order valence-corrected chi connectivity index (χ0v) is 15.7. The summed E-state index contributed by atoms with van der Waals surface area (Å²) in [5.74, 6) is 0.334. The summed E-state index contributed by atoms with van der Waals surface area (Å²) in [5.41, 5.74) is 3.14. The van der Waals surface area contributed by atoms with Crippen LogP contribution in [-0.2, 0) is 6.42 Å². The van der Waals surface area contributed by atoms with Crippen molar-refractivity contribution in [1.82, 2.24) is 20.0 Å². The van der Waals surface area contributed by atoms with Gasteiger partial charge >= 0.3 is 0 Å². The Morgan fingerprint density at radius 2 is 1.66 bits per heavy atom. The number of carbonyl (C=O) groups excluding carboxylic acids is 1. The summed E-state index contributed by atoms with van der Waals surface area (Å²) in [4.78, 5) is 12.2. The Morgan fingerprint density at radius 3 is 2.38 bits per heavy atom. The molecule has 0 aliphatic carbocycles. The lowest BCUT2D eigenvalue weighted by Gasteiger charge is -2.06. The van der Waals surface area contributed by atoms with Crippen LogP contribution in [0.4, 0.5) is 11.5 Å². The number of rotatable bonds is 7. The fourth-order valence-corrected chi connectivity index (χ4v) is 2.81. The average molecular weight is 384 g/mol. The summed E-state index contributed by atoms with van der Waals surface area (Å²) < 4.78 is 1.86. The first-order chi connectivity index (χ1) is 14.3. The molecule has 0 saturated heterocycles. The van der Waals surface area contributed by atoms with Crippen LogP contribution < -0.4 is 10.6 Å². The molecule has 7 nitrogen and oxygen atoms in total. The lowest BCUT2D eigenvalue weighted by Crippen LogP contribution is -2.15. The normalized spacial score (nSPS) is 10.5. The molecule has 4 aromatic rings. The Kier molecular flexibility index (Phi) is 5.57. The fraction of sp³-hybridized carbons (Fsp3) is 0.0909. The molecule has 7 heteroatoms. The van der Waals surface area contributed by atoms with E-state index < -0.39 is 0 Å². The first kappa shape index (κ1) is 18.4. The maximum absolute atomic E-state index is 12.2. The molecule has 4 rings (SSSR count). The van der Waals surface area contributed by atoms with Gasteiger partial charge in [-0.1, -0.05) is 36.4 Å². The lowest BCUT2D eigenvalue weighted by molar-refractivity contribution is 0.102. The van der Waals surface area contributed by atoms with Gasteiger partial charge in [-0.3, -0.25) is 4.79 Å². The minimum absolute atomic E-state index is 0.267. The smallest absolute Gasteiger partial charge is 0.276 e. The standard InChI is InChI=1S/C22H20N6O/c29-22(25-18-7-3-1-4-8-18)20-11-12-21(27-26-20)23-14-13-17-15-24-28(16-17)19-9-5-2-6-10-19/h1-12,15-16H,13-14H2,(H,23,27)(H,25,29). The van der Waals surface area contributed by atoms with Gasteiger partial charge in [-0.25, -0.2) is 4.68 Å². The fourth-order valence-electron chi connectivity index (χ4n) is 2.81. The molecule has 2 heterocycles. The topological polar surface area (TPSA) is 84.7 Å². The van der Waals surface area contributed by atoms with E-state index in [9.17, 15) is 4.79 Å². The number of amides is 1. The number of anilines is 2. The zero-order valence-electron chi connectivity index (χ0n) is 15.7. The number of para-hydroxylation sites is 2. The van der Waals surface area contributed by atoms with E-state index in [0.717, 1.165) is 23.4 Å². The summed E-state index contributed by atoms with van der Waals surface area (Å²) in [7, 11) is 0. The molecule has 0 radical (unpaired) electrons. The van der Waals surface area contributed by atoms with Crippen LogP contribution in [-0.4, -0.2) is 32.4 Å². The van der Waals surface area contributed by atoms with Crippen molar-refractivity contribution < 1.29 is 4.79 Å².